The van der Waals surface area contributed by atoms with Gasteiger partial charge in [0.1, 0.15) is 5.69 Å². The van der Waals surface area contributed by atoms with Gasteiger partial charge in [0.25, 0.3) is 12.0 Å². The smallest absolute Gasteiger partial charge is 0.279 e. The minimum atomic E-state index is -2.67. The van der Waals surface area contributed by atoms with Gasteiger partial charge >= 0.3 is 0 Å². The fourth-order valence-electron chi connectivity index (χ4n) is 0.503. The summed E-state index contributed by atoms with van der Waals surface area (Å²) in [6.45, 7) is 0. The first-order chi connectivity index (χ1) is 4.70. The van der Waals surface area contributed by atoms with E-state index >= 15 is 0 Å². The molecule has 3 nitrogen and oxygen atoms in total. The Kier molecular flexibility index (Phi) is 1.75. The molecule has 0 saturated carbocycles. The van der Waals surface area contributed by atoms with Crippen LogP contribution in [-0.4, -0.2) is 9.97 Å². The van der Waals surface area contributed by atoms with Crippen LogP contribution in [-0.2, 0) is 0 Å². The van der Waals surface area contributed by atoms with Crippen LogP contribution in [0, 0.1) is 0 Å². The molecule has 1 heterocycles. The first-order valence-electron chi connectivity index (χ1n) is 2.52. The molecule has 0 aliphatic rings. The van der Waals surface area contributed by atoms with E-state index in [4.69, 9.17) is 0 Å². The lowest BCUT2D eigenvalue weighted by molar-refractivity contribution is 0.145. The van der Waals surface area contributed by atoms with Crippen LogP contribution in [0.2, 0.25) is 0 Å². The average molecular weight is 146 g/mol. The second-order valence-electron chi connectivity index (χ2n) is 1.65. The van der Waals surface area contributed by atoms with Crippen molar-refractivity contribution >= 4 is 0 Å². The topological polar surface area (TPSA) is 45.8 Å². The molecule has 0 unspecified atom stereocenters. The number of rotatable bonds is 1. The lowest BCUT2D eigenvalue weighted by atomic mass is 10.5. The maximum absolute atomic E-state index is 11.7. The third kappa shape index (κ3) is 1.37. The molecule has 1 aromatic heterocycles. The Morgan fingerprint density at radius 2 is 2.20 bits per heavy atom. The summed E-state index contributed by atoms with van der Waals surface area (Å²) in [5, 5.41) is 0. The van der Waals surface area contributed by atoms with E-state index in [0.29, 0.717) is 0 Å². The van der Waals surface area contributed by atoms with Gasteiger partial charge in [0.05, 0.1) is 12.4 Å². The van der Waals surface area contributed by atoms with Crippen molar-refractivity contribution in [2.45, 2.75) is 6.43 Å². The summed E-state index contributed by atoms with van der Waals surface area (Å²) in [4.78, 5) is 15.6. The molecular weight excluding hydrogens is 142 g/mol. The molecule has 0 atom stereocenters. The predicted molar refractivity (Wildman–Crippen MR) is 29.8 cm³/mol. The van der Waals surface area contributed by atoms with Gasteiger partial charge in [-0.3, -0.25) is 9.78 Å². The van der Waals surface area contributed by atoms with Crippen LogP contribution in [0.5, 0.6) is 0 Å². The molecule has 0 radical (unpaired) electrons. The summed E-state index contributed by atoms with van der Waals surface area (Å²) in [6.07, 6.45) is -0.806. The number of nitrogens with one attached hydrogen (secondary N) is 1. The van der Waals surface area contributed by atoms with Gasteiger partial charge in [-0.1, -0.05) is 0 Å². The third-order valence-corrected chi connectivity index (χ3v) is 0.908. The number of hydrogen-bond acceptors (Lipinski definition) is 2. The van der Waals surface area contributed by atoms with Crippen LogP contribution in [0.4, 0.5) is 8.78 Å². The summed E-state index contributed by atoms with van der Waals surface area (Å²) in [7, 11) is 0. The summed E-state index contributed by atoms with van der Waals surface area (Å²) < 4.78 is 23.5. The van der Waals surface area contributed by atoms with E-state index in [1.54, 1.807) is 0 Å². The summed E-state index contributed by atoms with van der Waals surface area (Å²) in [6, 6.07) is 0. The normalized spacial score (nSPS) is 10.3. The van der Waals surface area contributed by atoms with E-state index in [1.807, 2.05) is 4.98 Å². The van der Waals surface area contributed by atoms with Gasteiger partial charge in [-0.25, -0.2) is 8.78 Å². The van der Waals surface area contributed by atoms with E-state index in [0.717, 1.165) is 12.4 Å². The molecule has 1 N–H and O–H groups in total. The molecule has 10 heavy (non-hydrogen) atoms. The number of halogens is 2. The van der Waals surface area contributed by atoms with Crippen molar-refractivity contribution in [2.75, 3.05) is 0 Å². The van der Waals surface area contributed by atoms with Gasteiger partial charge in [-0.2, -0.15) is 0 Å². The molecule has 0 fully saturated rings. The van der Waals surface area contributed by atoms with Crippen LogP contribution >= 0.6 is 0 Å². The molecule has 0 bridgehead atoms. The van der Waals surface area contributed by atoms with E-state index in [1.165, 1.54) is 0 Å². The van der Waals surface area contributed by atoms with Crippen molar-refractivity contribution in [3.8, 4) is 0 Å². The maximum Gasteiger partial charge on any atom is 0.279 e. The lowest BCUT2D eigenvalue weighted by Gasteiger charge is -1.94. The zero-order valence-electron chi connectivity index (χ0n) is 4.84. The number of aromatic nitrogens is 2. The van der Waals surface area contributed by atoms with Crippen LogP contribution in [0.1, 0.15) is 12.1 Å². The van der Waals surface area contributed by atoms with Crippen LogP contribution in [0.3, 0.4) is 0 Å². The lowest BCUT2D eigenvalue weighted by Crippen LogP contribution is -2.08. The second-order valence-corrected chi connectivity index (χ2v) is 1.65. The Morgan fingerprint density at radius 1 is 1.50 bits per heavy atom. The van der Waals surface area contributed by atoms with Crippen LogP contribution in [0.15, 0.2) is 17.2 Å². The van der Waals surface area contributed by atoms with E-state index in [9.17, 15) is 13.6 Å². The van der Waals surface area contributed by atoms with E-state index < -0.39 is 17.7 Å². The highest BCUT2D eigenvalue weighted by Crippen LogP contribution is 2.11. The Labute approximate surface area is 54.7 Å². The van der Waals surface area contributed by atoms with Crippen molar-refractivity contribution < 1.29 is 8.78 Å². The predicted octanol–water partition coefficient (Wildman–Crippen LogP) is 0.708. The van der Waals surface area contributed by atoms with Crippen molar-refractivity contribution in [3.63, 3.8) is 0 Å². The first kappa shape index (κ1) is 6.85. The molecule has 0 spiro atoms. The molecule has 0 aromatic carbocycles. The van der Waals surface area contributed by atoms with Crippen molar-refractivity contribution in [3.05, 3.63) is 28.4 Å². The Morgan fingerprint density at radius 3 is 2.60 bits per heavy atom. The zero-order valence-corrected chi connectivity index (χ0v) is 4.84. The molecule has 0 saturated heterocycles. The summed E-state index contributed by atoms with van der Waals surface area (Å²) >= 11 is 0. The highest BCUT2D eigenvalue weighted by atomic mass is 19.3. The maximum atomic E-state index is 11.7. The van der Waals surface area contributed by atoms with Gasteiger partial charge in [0.15, 0.2) is 0 Å². The Bertz CT molecular complexity index is 270. The second kappa shape index (κ2) is 2.55. The standard InChI is InChI=1S/C5H4F2N2O/c6-5(7)3-1-8-2-4(10)9-3/h1-2,5H,(H,9,10). The van der Waals surface area contributed by atoms with Gasteiger partial charge in [-0.05, 0) is 0 Å². The highest BCUT2D eigenvalue weighted by Gasteiger charge is 2.06. The minimum Gasteiger partial charge on any atom is -0.318 e. The molecule has 1 rings (SSSR count). The fourth-order valence-corrected chi connectivity index (χ4v) is 0.503. The van der Waals surface area contributed by atoms with Gasteiger partial charge in [-0.15, -0.1) is 0 Å². The Hall–Kier alpha value is -1.26. The van der Waals surface area contributed by atoms with Crippen LogP contribution in [0.25, 0.3) is 0 Å². The summed E-state index contributed by atoms with van der Waals surface area (Å²) in [5.41, 5.74) is -1.06. The number of nitrogens with zero attached hydrogens (tertiary/aromatic N) is 1. The van der Waals surface area contributed by atoms with Crippen molar-refractivity contribution in [2.24, 2.45) is 0 Å². The van der Waals surface area contributed by atoms with Crippen LogP contribution < -0.4 is 5.56 Å². The number of hydrogen-bond donors (Lipinski definition) is 1. The summed E-state index contributed by atoms with van der Waals surface area (Å²) in [5.74, 6) is 0. The molecule has 54 valence electrons. The Balaban J connectivity index is 3.07. The number of aromatic amines is 1. The molecule has 0 amide bonds. The quantitative estimate of drug-likeness (QED) is 0.634. The largest absolute Gasteiger partial charge is 0.318 e. The SMILES string of the molecule is O=c1cncc(C(F)F)[nH]1. The number of alkyl halides is 2. The molecular formula is C5H4F2N2O. The van der Waals surface area contributed by atoms with E-state index in [-0.39, 0.29) is 0 Å². The molecule has 1 aromatic rings. The molecule has 5 heteroatoms. The first-order valence-corrected chi connectivity index (χ1v) is 2.52. The van der Waals surface area contributed by atoms with Crippen molar-refractivity contribution in [1.82, 2.24) is 9.97 Å². The molecule has 0 aliphatic heterocycles. The number of H-pyrrole nitrogens is 1. The zero-order chi connectivity index (χ0) is 7.56. The minimum absolute atomic E-state index is 0.451. The third-order valence-electron chi connectivity index (χ3n) is 0.908. The fraction of sp³-hybridized carbons (Fsp3) is 0.200. The van der Waals surface area contributed by atoms with Gasteiger partial charge in [0, 0.05) is 0 Å². The highest BCUT2D eigenvalue weighted by molar-refractivity contribution is 4.95. The van der Waals surface area contributed by atoms with Gasteiger partial charge in [0.2, 0.25) is 0 Å². The average Bonchev–Trinajstić information content (AvgIpc) is 1.88. The van der Waals surface area contributed by atoms with Gasteiger partial charge < -0.3 is 4.98 Å². The molecule has 0 aliphatic carbocycles. The van der Waals surface area contributed by atoms with Crippen molar-refractivity contribution in [1.29, 1.82) is 0 Å². The van der Waals surface area contributed by atoms with E-state index in [2.05, 4.69) is 4.98 Å². The monoisotopic (exact) mass is 146 g/mol.